The van der Waals surface area contributed by atoms with Crippen LogP contribution in [0.1, 0.15) is 12.2 Å². The van der Waals surface area contributed by atoms with Gasteiger partial charge in [-0.15, -0.1) is 10.2 Å². The van der Waals surface area contributed by atoms with Gasteiger partial charge in [0.1, 0.15) is 17.4 Å². The molecular weight excluding hydrogens is 421 g/mol. The highest BCUT2D eigenvalue weighted by Crippen LogP contribution is 2.24. The second-order valence-corrected chi connectivity index (χ2v) is 7.49. The van der Waals surface area contributed by atoms with E-state index >= 15 is 0 Å². The molecule has 31 heavy (non-hydrogen) atoms. The lowest BCUT2D eigenvalue weighted by atomic mass is 10.2. The first-order valence-corrected chi connectivity index (χ1v) is 10.4. The van der Waals surface area contributed by atoms with Crippen LogP contribution in [-0.4, -0.2) is 39.4 Å². The lowest BCUT2D eigenvalue weighted by molar-refractivity contribution is -0.116. The minimum absolute atomic E-state index is 0.148. The molecule has 2 N–H and O–H groups in total. The van der Waals surface area contributed by atoms with E-state index in [4.69, 9.17) is 4.74 Å². The maximum absolute atomic E-state index is 12.9. The van der Waals surface area contributed by atoms with Crippen molar-refractivity contribution in [2.45, 2.75) is 18.0 Å². The number of rotatable bonds is 9. The zero-order valence-electron chi connectivity index (χ0n) is 17.1. The van der Waals surface area contributed by atoms with Crippen molar-refractivity contribution in [1.82, 2.24) is 14.8 Å². The van der Waals surface area contributed by atoms with Crippen LogP contribution in [0, 0.1) is 5.82 Å². The van der Waals surface area contributed by atoms with Gasteiger partial charge < -0.3 is 19.9 Å². The number of aromatic nitrogens is 3. The number of ether oxygens (including phenoxy) is 1. The Bertz CT molecular complexity index is 1060. The predicted molar refractivity (Wildman–Crippen MR) is 117 cm³/mol. The summed E-state index contributed by atoms with van der Waals surface area (Å²) in [6.07, 6.45) is 0.576. The van der Waals surface area contributed by atoms with Gasteiger partial charge in [0.15, 0.2) is 5.16 Å². The van der Waals surface area contributed by atoms with E-state index in [-0.39, 0.29) is 29.8 Å². The minimum Gasteiger partial charge on any atom is -0.495 e. The van der Waals surface area contributed by atoms with Crippen molar-refractivity contribution in [2.24, 2.45) is 7.05 Å². The first-order chi connectivity index (χ1) is 15.0. The van der Waals surface area contributed by atoms with E-state index in [0.717, 1.165) is 0 Å². The topological polar surface area (TPSA) is 98.1 Å². The van der Waals surface area contributed by atoms with E-state index in [0.29, 0.717) is 34.5 Å². The zero-order valence-corrected chi connectivity index (χ0v) is 17.9. The minimum atomic E-state index is -0.362. The fourth-order valence-electron chi connectivity index (χ4n) is 2.73. The smallest absolute Gasteiger partial charge is 0.234 e. The number of hydrogen-bond acceptors (Lipinski definition) is 6. The SMILES string of the molecule is COc1ccccc1NC(=O)CSc1nnc(CCC(=O)Nc2ccc(F)cc2)n1C. The van der Waals surface area contributed by atoms with E-state index in [9.17, 15) is 14.0 Å². The largest absolute Gasteiger partial charge is 0.495 e. The molecule has 0 aliphatic carbocycles. The van der Waals surface area contributed by atoms with Crippen LogP contribution in [0.4, 0.5) is 15.8 Å². The number of para-hydroxylation sites is 2. The van der Waals surface area contributed by atoms with E-state index < -0.39 is 0 Å². The summed E-state index contributed by atoms with van der Waals surface area (Å²) in [6, 6.07) is 12.7. The molecule has 3 aromatic rings. The molecule has 2 aromatic carbocycles. The molecule has 8 nitrogen and oxygen atoms in total. The summed E-state index contributed by atoms with van der Waals surface area (Å²) in [7, 11) is 3.33. The van der Waals surface area contributed by atoms with Crippen molar-refractivity contribution in [3.8, 4) is 5.75 Å². The summed E-state index contributed by atoms with van der Waals surface area (Å²) in [6.45, 7) is 0. The average Bonchev–Trinajstić information content (AvgIpc) is 3.12. The third-order valence-electron chi connectivity index (χ3n) is 4.34. The predicted octanol–water partition coefficient (Wildman–Crippen LogP) is 3.26. The van der Waals surface area contributed by atoms with Gasteiger partial charge in [0.25, 0.3) is 0 Å². The number of amides is 2. The van der Waals surface area contributed by atoms with Crippen LogP contribution < -0.4 is 15.4 Å². The van der Waals surface area contributed by atoms with Gasteiger partial charge in [-0.3, -0.25) is 9.59 Å². The number of hydrogen-bond donors (Lipinski definition) is 2. The van der Waals surface area contributed by atoms with Gasteiger partial charge >= 0.3 is 0 Å². The summed E-state index contributed by atoms with van der Waals surface area (Å²) >= 11 is 1.25. The Hall–Kier alpha value is -3.40. The van der Waals surface area contributed by atoms with Crippen molar-refractivity contribution < 1.29 is 18.7 Å². The lowest BCUT2D eigenvalue weighted by Crippen LogP contribution is -2.15. The summed E-state index contributed by atoms with van der Waals surface area (Å²) in [5, 5.41) is 14.3. The van der Waals surface area contributed by atoms with Crippen molar-refractivity contribution in [1.29, 1.82) is 0 Å². The number of thioether (sulfide) groups is 1. The number of benzene rings is 2. The van der Waals surface area contributed by atoms with Crippen LogP contribution >= 0.6 is 11.8 Å². The van der Waals surface area contributed by atoms with Crippen molar-refractivity contribution in [3.63, 3.8) is 0 Å². The van der Waals surface area contributed by atoms with Gasteiger partial charge in [-0.25, -0.2) is 4.39 Å². The molecule has 0 radical (unpaired) electrons. The number of nitrogens with one attached hydrogen (secondary N) is 2. The molecular formula is C21H22FN5O3S. The van der Waals surface area contributed by atoms with Gasteiger partial charge in [0, 0.05) is 25.6 Å². The van der Waals surface area contributed by atoms with Crippen LogP contribution in [0.2, 0.25) is 0 Å². The monoisotopic (exact) mass is 443 g/mol. The maximum atomic E-state index is 12.9. The van der Waals surface area contributed by atoms with E-state index in [1.807, 2.05) is 12.1 Å². The number of anilines is 2. The van der Waals surface area contributed by atoms with Gasteiger partial charge in [0.2, 0.25) is 11.8 Å². The number of aryl methyl sites for hydroxylation is 1. The first kappa shape index (κ1) is 22.3. The molecule has 0 saturated carbocycles. The molecule has 0 aliphatic heterocycles. The molecule has 0 saturated heterocycles. The summed E-state index contributed by atoms with van der Waals surface area (Å²) in [4.78, 5) is 24.4. The van der Waals surface area contributed by atoms with Crippen LogP contribution in [0.5, 0.6) is 5.75 Å². The fraction of sp³-hybridized carbons (Fsp3) is 0.238. The van der Waals surface area contributed by atoms with E-state index in [1.54, 1.807) is 30.9 Å². The molecule has 0 bridgehead atoms. The zero-order chi connectivity index (χ0) is 22.2. The Morgan fingerprint density at radius 1 is 1.06 bits per heavy atom. The Morgan fingerprint density at radius 3 is 2.55 bits per heavy atom. The third kappa shape index (κ3) is 6.29. The molecule has 162 valence electrons. The highest BCUT2D eigenvalue weighted by atomic mass is 32.2. The van der Waals surface area contributed by atoms with E-state index in [2.05, 4.69) is 20.8 Å². The van der Waals surface area contributed by atoms with Crippen molar-refractivity contribution in [2.75, 3.05) is 23.5 Å². The lowest BCUT2D eigenvalue weighted by Gasteiger charge is -2.09. The van der Waals surface area contributed by atoms with Crippen molar-refractivity contribution >= 4 is 35.0 Å². The Labute approximate surface area is 183 Å². The Kier molecular flexibility index (Phi) is 7.60. The maximum Gasteiger partial charge on any atom is 0.234 e. The second-order valence-electron chi connectivity index (χ2n) is 6.55. The number of carbonyl (C=O) groups is 2. The second kappa shape index (κ2) is 10.6. The average molecular weight is 444 g/mol. The van der Waals surface area contributed by atoms with Crippen LogP contribution in [0.3, 0.4) is 0 Å². The van der Waals surface area contributed by atoms with Gasteiger partial charge in [0.05, 0.1) is 18.6 Å². The van der Waals surface area contributed by atoms with E-state index in [1.165, 1.54) is 36.0 Å². The molecule has 0 spiro atoms. The van der Waals surface area contributed by atoms with Crippen LogP contribution in [0.15, 0.2) is 53.7 Å². The molecule has 3 rings (SSSR count). The molecule has 0 unspecified atom stereocenters. The fourth-order valence-corrected chi connectivity index (χ4v) is 3.46. The Balaban J connectivity index is 1.48. The van der Waals surface area contributed by atoms with Crippen LogP contribution in [-0.2, 0) is 23.1 Å². The molecule has 1 heterocycles. The summed E-state index contributed by atoms with van der Waals surface area (Å²) < 4.78 is 19.9. The van der Waals surface area contributed by atoms with Gasteiger partial charge in [-0.1, -0.05) is 23.9 Å². The molecule has 2 amide bonds. The third-order valence-corrected chi connectivity index (χ3v) is 5.36. The molecule has 10 heteroatoms. The number of methoxy groups -OCH3 is 1. The van der Waals surface area contributed by atoms with Crippen LogP contribution in [0.25, 0.3) is 0 Å². The normalized spacial score (nSPS) is 10.5. The first-order valence-electron chi connectivity index (χ1n) is 9.45. The standard InChI is InChI=1S/C21H22FN5O3S/c1-27-18(11-12-19(28)23-15-9-7-14(22)8-10-15)25-26-21(27)31-13-20(29)24-16-5-3-4-6-17(16)30-2/h3-10H,11-13H2,1-2H3,(H,23,28)(H,24,29). The summed E-state index contributed by atoms with van der Waals surface area (Å²) in [5.41, 5.74) is 1.13. The number of carbonyl (C=O) groups excluding carboxylic acids is 2. The molecule has 0 fully saturated rings. The quantitative estimate of drug-likeness (QED) is 0.493. The van der Waals surface area contributed by atoms with Gasteiger partial charge in [-0.2, -0.15) is 0 Å². The highest BCUT2D eigenvalue weighted by molar-refractivity contribution is 7.99. The molecule has 1 aromatic heterocycles. The summed E-state index contributed by atoms with van der Waals surface area (Å²) in [5.74, 6) is 0.591. The number of nitrogens with zero attached hydrogens (tertiary/aromatic N) is 3. The van der Waals surface area contributed by atoms with Gasteiger partial charge in [-0.05, 0) is 36.4 Å². The van der Waals surface area contributed by atoms with Crippen molar-refractivity contribution in [3.05, 3.63) is 60.2 Å². The highest BCUT2D eigenvalue weighted by Gasteiger charge is 2.14. The Morgan fingerprint density at radius 2 is 1.81 bits per heavy atom. The molecule has 0 aliphatic rings. The molecule has 0 atom stereocenters. The number of halogens is 1.